The SMILES string of the molecule is C=C1CC2(CCCCC2)C2=C(Cc3cnc(Nc4ccc(N5CCC(N6CCOCC6)CC5)cn4)nc32)N1C.C=C1Cc2cc3cnc(Nc4ccc(N5CCC(N6CCOCC6)CC5)cn4)nc3n2C2(CCCCC2)C1.O=C1CCC2(CCCCC2)c2c1oc1cnc(Nc3ccc(N4CCC(N5CCOCC5)CC4)cn3)nc21. The van der Waals surface area contributed by atoms with Gasteiger partial charge in [0.05, 0.1) is 87.2 Å². The molecule has 606 valence electrons. The van der Waals surface area contributed by atoms with E-state index < -0.39 is 0 Å². The van der Waals surface area contributed by atoms with E-state index in [4.69, 9.17) is 48.5 Å². The lowest BCUT2D eigenvalue weighted by atomic mass is 9.63. The summed E-state index contributed by atoms with van der Waals surface area (Å²) >= 11 is 0. The second kappa shape index (κ2) is 33.2. The number of anilines is 9. The van der Waals surface area contributed by atoms with Crippen LogP contribution in [0.1, 0.15) is 194 Å². The number of piperidine rings is 3. The lowest BCUT2D eigenvalue weighted by Crippen LogP contribution is -2.49. The van der Waals surface area contributed by atoms with Gasteiger partial charge in [0.25, 0.3) is 0 Å². The number of nitrogens with one attached hydrogen (secondary N) is 3. The van der Waals surface area contributed by atoms with Crippen LogP contribution in [0.25, 0.3) is 27.7 Å². The van der Waals surface area contributed by atoms with Crippen LogP contribution in [0.4, 0.5) is 52.4 Å². The number of carbonyl (C=O) groups is 1. The van der Waals surface area contributed by atoms with Crippen molar-refractivity contribution < 1.29 is 23.4 Å². The van der Waals surface area contributed by atoms with Gasteiger partial charge in [-0.1, -0.05) is 76.5 Å². The van der Waals surface area contributed by atoms with Crippen LogP contribution < -0.4 is 30.7 Å². The third kappa shape index (κ3) is 15.8. The predicted octanol–water partition coefficient (Wildman–Crippen LogP) is 14.9. The highest BCUT2D eigenvalue weighted by molar-refractivity contribution is 6.01. The van der Waals surface area contributed by atoms with E-state index in [-0.39, 0.29) is 22.2 Å². The lowest BCUT2D eigenvalue weighted by molar-refractivity contribution is 0.0115. The van der Waals surface area contributed by atoms with Crippen molar-refractivity contribution in [2.45, 2.75) is 202 Å². The number of morpholine rings is 3. The van der Waals surface area contributed by atoms with Crippen LogP contribution >= 0.6 is 0 Å². The molecule has 3 N–H and O–H groups in total. The smallest absolute Gasteiger partial charge is 0.230 e. The Labute approximate surface area is 676 Å². The standard InChI is InChI=1S/C31H41N7O.C30H39N7O.C29H36N6O3/c1-22-19-31(10-4-3-5-11-31)28-26(36(22)2)18-23-20-33-30(35-29(23)28)34-27-7-6-25(21-32-27)37-12-8-24(9-13-37)38-14-16-39-17-15-38;1-22-17-26-18-23-20-32-29(34-28(23)37(26)30(19-22)9-3-2-4-10-30)33-27-6-5-25(21-31-27)35-11-7-24(8-12-35)36-13-15-38-16-14-36;36-22-6-11-29(9-2-1-3-10-29)25-26-23(38-27(22)25)19-31-28(33-26)32-24-5-4-21(18-30-24)34-12-7-20(8-13-34)35-14-16-37-17-15-35/h6-7,20-21,24H,1,3-5,8-19H2,2H3,(H,32,33,34,35);5-6,18,20-21,24H,1-4,7-17,19H2,(H,31,32,33,34);4-5,18-20H,1-3,6-17H2,(H,30,31,32,33). The summed E-state index contributed by atoms with van der Waals surface area (Å²) in [6, 6.07) is 16.9. The van der Waals surface area contributed by atoms with E-state index in [0.717, 1.165) is 208 Å². The van der Waals surface area contributed by atoms with E-state index in [9.17, 15) is 4.79 Å². The molecule has 0 amide bonds. The fourth-order valence-corrected chi connectivity index (χ4v) is 22.3. The topological polar surface area (TPSA) is 238 Å². The number of hydrogen-bond donors (Lipinski definition) is 3. The first-order valence-corrected chi connectivity index (χ1v) is 43.7. The van der Waals surface area contributed by atoms with Crippen LogP contribution in [0.2, 0.25) is 0 Å². The quantitative estimate of drug-likeness (QED) is 0.0964. The fraction of sp³-hybridized carbons (Fsp3) is 0.578. The lowest BCUT2D eigenvalue weighted by Gasteiger charge is -2.46. The van der Waals surface area contributed by atoms with Gasteiger partial charge in [0.15, 0.2) is 17.1 Å². The van der Waals surface area contributed by atoms with E-state index in [1.165, 1.54) is 167 Å². The van der Waals surface area contributed by atoms with Crippen molar-refractivity contribution >= 4 is 85.9 Å². The van der Waals surface area contributed by atoms with E-state index >= 15 is 0 Å². The van der Waals surface area contributed by atoms with Gasteiger partial charge in [-0.05, 0) is 139 Å². The number of allylic oxidation sites excluding steroid dienone is 4. The number of Topliss-reactive ketones (excluding diaryl/α,β-unsaturated/α-hetero) is 1. The van der Waals surface area contributed by atoms with Gasteiger partial charge < -0.3 is 58.7 Å². The van der Waals surface area contributed by atoms with E-state index in [1.807, 2.05) is 37.1 Å². The van der Waals surface area contributed by atoms with Gasteiger partial charge in [-0.25, -0.2) is 39.9 Å². The van der Waals surface area contributed by atoms with Crippen LogP contribution in [0.5, 0.6) is 0 Å². The van der Waals surface area contributed by atoms with Crippen LogP contribution in [-0.4, -0.2) is 218 Å². The summed E-state index contributed by atoms with van der Waals surface area (Å²) in [5, 5.41) is 11.2. The molecule has 8 aliphatic heterocycles. The number of carbonyl (C=O) groups excluding carboxylic acids is 1. The number of ether oxygens (including phenoxy) is 3. The fourth-order valence-electron chi connectivity index (χ4n) is 22.3. The first kappa shape index (κ1) is 76.0. The summed E-state index contributed by atoms with van der Waals surface area (Å²) in [5.74, 6) is 4.61. The molecular weight excluding hydrogens is 1440 g/mol. The minimum atomic E-state index is 0.00743. The normalized spacial score (nSPS) is 23.0. The molecule has 0 radical (unpaired) electrons. The predicted molar refractivity (Wildman–Crippen MR) is 451 cm³/mol. The Morgan fingerprint density at radius 3 is 1.45 bits per heavy atom. The Balaban J connectivity index is 0.000000115. The maximum absolute atomic E-state index is 12.7. The third-order valence-corrected chi connectivity index (χ3v) is 28.4. The minimum absolute atomic E-state index is 0.00743. The van der Waals surface area contributed by atoms with Crippen molar-refractivity contribution in [1.82, 2.24) is 69.0 Å². The molecule has 0 atom stereocenters. The van der Waals surface area contributed by atoms with Crippen LogP contribution in [0, 0.1) is 5.41 Å². The zero-order valence-electron chi connectivity index (χ0n) is 67.6. The molecule has 13 aliphatic rings. The Morgan fingerprint density at radius 1 is 0.478 bits per heavy atom. The molecular formula is C90H116N20O5. The largest absolute Gasteiger partial charge is 0.449 e. The highest BCUT2D eigenvalue weighted by atomic mass is 16.5. The summed E-state index contributed by atoms with van der Waals surface area (Å²) in [7, 11) is 2.17. The van der Waals surface area contributed by atoms with E-state index in [1.54, 1.807) is 6.20 Å². The second-order valence-corrected chi connectivity index (χ2v) is 35.2. The van der Waals surface area contributed by atoms with Gasteiger partial charge in [0.2, 0.25) is 17.8 Å². The number of rotatable bonds is 12. The van der Waals surface area contributed by atoms with Gasteiger partial charge in [0.1, 0.15) is 28.6 Å². The molecule has 3 spiro atoms. The zero-order valence-corrected chi connectivity index (χ0v) is 67.6. The number of nitrogens with zero attached hydrogens (tertiary/aromatic N) is 17. The Bertz CT molecular complexity index is 4810. The molecule has 115 heavy (non-hydrogen) atoms. The Hall–Kier alpha value is -8.98. The summed E-state index contributed by atoms with van der Waals surface area (Å²) in [6.07, 6.45) is 42.7. The monoisotopic (exact) mass is 1560 g/mol. The highest BCUT2D eigenvalue weighted by Crippen LogP contribution is 2.59. The first-order valence-electron chi connectivity index (χ1n) is 43.7. The molecule has 16 heterocycles. The van der Waals surface area contributed by atoms with Gasteiger partial charge in [0, 0.05) is 191 Å². The van der Waals surface area contributed by atoms with Crippen LogP contribution in [0.15, 0.2) is 114 Å². The minimum Gasteiger partial charge on any atom is -0.449 e. The van der Waals surface area contributed by atoms with Crippen molar-refractivity contribution in [3.63, 3.8) is 0 Å². The molecule has 0 aromatic carbocycles. The average Bonchev–Trinajstić information content (AvgIpc) is 1.60. The highest BCUT2D eigenvalue weighted by Gasteiger charge is 2.49. The summed E-state index contributed by atoms with van der Waals surface area (Å²) in [5.41, 5.74) is 16.5. The molecule has 6 saturated heterocycles. The Kier molecular flexibility index (Phi) is 21.9. The molecule has 0 unspecified atom stereocenters. The van der Waals surface area contributed by atoms with Crippen molar-refractivity contribution in [2.75, 3.05) is 156 Å². The molecule has 25 heteroatoms. The summed E-state index contributed by atoms with van der Waals surface area (Å²) < 4.78 is 25.1. The van der Waals surface area contributed by atoms with E-state index in [2.05, 4.69) is 126 Å². The first-order chi connectivity index (χ1) is 56.4. The molecule has 21 rings (SSSR count). The Morgan fingerprint density at radius 2 is 0.948 bits per heavy atom. The maximum atomic E-state index is 12.7. The third-order valence-electron chi connectivity index (χ3n) is 28.4. The summed E-state index contributed by atoms with van der Waals surface area (Å²) in [4.78, 5) is 73.2. The number of hydrogen-bond acceptors (Lipinski definition) is 24. The second-order valence-electron chi connectivity index (χ2n) is 35.2. The van der Waals surface area contributed by atoms with Gasteiger partial charge in [-0.3, -0.25) is 19.5 Å². The van der Waals surface area contributed by atoms with Crippen LogP contribution in [-0.2, 0) is 38.0 Å². The number of furan rings is 1. The van der Waals surface area contributed by atoms with Crippen molar-refractivity contribution in [3.05, 3.63) is 138 Å². The molecule has 3 saturated carbocycles. The molecule has 0 bridgehead atoms. The van der Waals surface area contributed by atoms with Gasteiger partial charge >= 0.3 is 0 Å². The molecule has 8 aromatic rings. The number of likely N-dealkylation sites (N-methyl/N-ethyl adjacent to an activating group) is 1. The van der Waals surface area contributed by atoms with Gasteiger partial charge in [-0.2, -0.15) is 4.98 Å². The number of ketones is 1. The van der Waals surface area contributed by atoms with E-state index in [0.29, 0.717) is 59.6 Å². The van der Waals surface area contributed by atoms with Crippen LogP contribution in [0.3, 0.4) is 0 Å². The zero-order chi connectivity index (χ0) is 77.5. The molecule has 5 aliphatic carbocycles. The van der Waals surface area contributed by atoms with Crippen molar-refractivity contribution in [3.8, 4) is 0 Å². The number of fused-ring (bicyclic) bond motifs is 11. The summed E-state index contributed by atoms with van der Waals surface area (Å²) in [6.45, 7) is 26.8. The van der Waals surface area contributed by atoms with Crippen molar-refractivity contribution in [1.29, 1.82) is 0 Å². The average molecular weight is 1560 g/mol. The molecule has 8 aromatic heterocycles. The molecule has 9 fully saturated rings. The number of aromatic nitrogens is 10. The van der Waals surface area contributed by atoms with Crippen molar-refractivity contribution in [2.24, 2.45) is 5.41 Å². The van der Waals surface area contributed by atoms with Gasteiger partial charge in [-0.15, -0.1) is 0 Å². The number of pyridine rings is 3. The maximum Gasteiger partial charge on any atom is 0.230 e. The molecule has 25 nitrogen and oxygen atoms in total.